The van der Waals surface area contributed by atoms with E-state index in [1.54, 1.807) is 7.11 Å². The fourth-order valence-electron chi connectivity index (χ4n) is 3.24. The molecule has 0 amide bonds. The van der Waals surface area contributed by atoms with Gasteiger partial charge in [0.15, 0.2) is 5.96 Å². The Hall–Kier alpha value is -2.22. The molecule has 1 heterocycles. The zero-order valence-electron chi connectivity index (χ0n) is 17.2. The molecule has 156 valence electrons. The van der Waals surface area contributed by atoms with E-state index in [-0.39, 0.29) is 24.0 Å². The lowest BCUT2D eigenvalue weighted by Gasteiger charge is -2.17. The fraction of sp³-hybridized carbons (Fsp3) is 0.348. The molecule has 29 heavy (non-hydrogen) atoms. The van der Waals surface area contributed by atoms with Gasteiger partial charge in [-0.25, -0.2) is 4.99 Å². The van der Waals surface area contributed by atoms with E-state index >= 15 is 0 Å². The Kier molecular flexibility index (Phi) is 9.83. The minimum atomic E-state index is 0. The first-order valence-corrected chi connectivity index (χ1v) is 9.93. The topological polar surface area (TPSA) is 48.9 Å². The summed E-state index contributed by atoms with van der Waals surface area (Å²) in [6.07, 6.45) is 5.29. The van der Waals surface area contributed by atoms with Crippen molar-refractivity contribution in [1.82, 2.24) is 10.6 Å². The number of aliphatic imine (C=N–C) groups is 1. The molecule has 1 aliphatic heterocycles. The number of guanidine groups is 1. The molecular weight excluding hydrogens is 475 g/mol. The van der Waals surface area contributed by atoms with E-state index in [2.05, 4.69) is 64.9 Å². The van der Waals surface area contributed by atoms with Gasteiger partial charge in [0.2, 0.25) is 0 Å². The number of halogens is 1. The summed E-state index contributed by atoms with van der Waals surface area (Å²) in [6.45, 7) is 6.36. The molecule has 0 saturated heterocycles. The number of methoxy groups -OCH3 is 1. The van der Waals surface area contributed by atoms with Gasteiger partial charge in [0.1, 0.15) is 5.75 Å². The van der Waals surface area contributed by atoms with Gasteiger partial charge in [-0.15, -0.1) is 24.0 Å². The molecule has 0 aliphatic carbocycles. The second-order valence-electron chi connectivity index (χ2n) is 6.73. The van der Waals surface area contributed by atoms with Crippen molar-refractivity contribution in [2.75, 3.05) is 38.2 Å². The van der Waals surface area contributed by atoms with Crippen molar-refractivity contribution in [2.24, 2.45) is 4.99 Å². The largest absolute Gasteiger partial charge is 0.496 e. The SMILES string of the molecule is CCNC(=NCc1ccc(N2CC=CC2)cc1)NCCc1ccccc1OC.I. The van der Waals surface area contributed by atoms with Crippen LogP contribution >= 0.6 is 24.0 Å². The van der Waals surface area contributed by atoms with E-state index < -0.39 is 0 Å². The van der Waals surface area contributed by atoms with Gasteiger partial charge in [0, 0.05) is 31.9 Å². The quantitative estimate of drug-likeness (QED) is 0.246. The first-order chi connectivity index (χ1) is 13.8. The van der Waals surface area contributed by atoms with Gasteiger partial charge in [0.25, 0.3) is 0 Å². The summed E-state index contributed by atoms with van der Waals surface area (Å²) in [7, 11) is 1.71. The molecule has 0 atom stereocenters. The van der Waals surface area contributed by atoms with Crippen LogP contribution in [-0.2, 0) is 13.0 Å². The van der Waals surface area contributed by atoms with E-state index in [0.717, 1.165) is 44.3 Å². The van der Waals surface area contributed by atoms with E-state index in [4.69, 9.17) is 9.73 Å². The Bertz CT molecular complexity index is 797. The molecule has 0 radical (unpaired) electrons. The van der Waals surface area contributed by atoms with Gasteiger partial charge in [-0.05, 0) is 42.7 Å². The molecule has 0 bridgehead atoms. The van der Waals surface area contributed by atoms with E-state index in [1.165, 1.54) is 16.8 Å². The first kappa shape index (κ1) is 23.1. The first-order valence-electron chi connectivity index (χ1n) is 9.93. The zero-order valence-corrected chi connectivity index (χ0v) is 19.6. The molecule has 2 aromatic rings. The van der Waals surface area contributed by atoms with Crippen molar-refractivity contribution in [3.8, 4) is 5.75 Å². The fourth-order valence-corrected chi connectivity index (χ4v) is 3.24. The van der Waals surface area contributed by atoms with Gasteiger partial charge in [-0.3, -0.25) is 0 Å². The highest BCUT2D eigenvalue weighted by Crippen LogP contribution is 2.18. The van der Waals surface area contributed by atoms with Crippen LogP contribution in [0.25, 0.3) is 0 Å². The predicted octanol–water partition coefficient (Wildman–Crippen LogP) is 3.99. The van der Waals surface area contributed by atoms with Crippen LogP contribution in [0, 0.1) is 0 Å². The number of hydrogen-bond acceptors (Lipinski definition) is 3. The predicted molar refractivity (Wildman–Crippen MR) is 133 cm³/mol. The number of anilines is 1. The maximum absolute atomic E-state index is 5.42. The number of rotatable bonds is 8. The average molecular weight is 506 g/mol. The molecule has 0 saturated carbocycles. The minimum absolute atomic E-state index is 0. The maximum Gasteiger partial charge on any atom is 0.191 e. The number of nitrogens with zero attached hydrogens (tertiary/aromatic N) is 2. The van der Waals surface area contributed by atoms with Gasteiger partial charge in [-0.1, -0.05) is 42.5 Å². The summed E-state index contributed by atoms with van der Waals surface area (Å²) >= 11 is 0. The van der Waals surface area contributed by atoms with Crippen LogP contribution in [-0.4, -0.2) is 39.2 Å². The highest BCUT2D eigenvalue weighted by atomic mass is 127. The second-order valence-corrected chi connectivity index (χ2v) is 6.73. The molecule has 5 nitrogen and oxygen atoms in total. The normalized spacial score (nSPS) is 13.2. The van der Waals surface area contributed by atoms with Crippen molar-refractivity contribution in [1.29, 1.82) is 0 Å². The Labute approximate surface area is 191 Å². The van der Waals surface area contributed by atoms with Gasteiger partial charge in [-0.2, -0.15) is 0 Å². The molecule has 1 aliphatic rings. The Morgan fingerprint density at radius 1 is 1.03 bits per heavy atom. The monoisotopic (exact) mass is 506 g/mol. The molecule has 6 heteroatoms. The number of benzene rings is 2. The van der Waals surface area contributed by atoms with Crippen molar-refractivity contribution in [2.45, 2.75) is 19.9 Å². The van der Waals surface area contributed by atoms with Crippen LogP contribution in [0.4, 0.5) is 5.69 Å². The third-order valence-electron chi connectivity index (χ3n) is 4.76. The second kappa shape index (κ2) is 12.4. The Morgan fingerprint density at radius 3 is 2.45 bits per heavy atom. The molecule has 0 spiro atoms. The summed E-state index contributed by atoms with van der Waals surface area (Å²) in [5.74, 6) is 1.77. The van der Waals surface area contributed by atoms with Crippen molar-refractivity contribution in [3.05, 3.63) is 71.8 Å². The Balaban J connectivity index is 0.00000300. The Morgan fingerprint density at radius 2 is 1.76 bits per heavy atom. The average Bonchev–Trinajstić information content (AvgIpc) is 3.27. The van der Waals surface area contributed by atoms with Crippen molar-refractivity contribution in [3.63, 3.8) is 0 Å². The molecule has 2 aromatic carbocycles. The van der Waals surface area contributed by atoms with Crippen LogP contribution in [0.3, 0.4) is 0 Å². The maximum atomic E-state index is 5.42. The third-order valence-corrected chi connectivity index (χ3v) is 4.76. The van der Waals surface area contributed by atoms with Gasteiger partial charge in [0.05, 0.1) is 13.7 Å². The lowest BCUT2D eigenvalue weighted by molar-refractivity contribution is 0.409. The van der Waals surface area contributed by atoms with Crippen molar-refractivity contribution < 1.29 is 4.74 Å². The molecule has 0 aromatic heterocycles. The van der Waals surface area contributed by atoms with E-state index in [1.807, 2.05) is 18.2 Å². The third kappa shape index (κ3) is 6.96. The summed E-state index contributed by atoms with van der Waals surface area (Å²) < 4.78 is 5.42. The van der Waals surface area contributed by atoms with Crippen LogP contribution in [0.1, 0.15) is 18.1 Å². The molecular formula is C23H31IN4O. The van der Waals surface area contributed by atoms with Crippen LogP contribution in [0.15, 0.2) is 65.7 Å². The molecule has 3 rings (SSSR count). The van der Waals surface area contributed by atoms with Crippen LogP contribution in [0.5, 0.6) is 5.75 Å². The lowest BCUT2D eigenvalue weighted by atomic mass is 10.1. The molecule has 0 unspecified atom stereocenters. The van der Waals surface area contributed by atoms with Gasteiger partial charge < -0.3 is 20.3 Å². The minimum Gasteiger partial charge on any atom is -0.496 e. The zero-order chi connectivity index (χ0) is 19.6. The standard InChI is InChI=1S/C23H30N4O.HI/c1-3-24-23(25-15-14-20-8-4-5-9-22(20)28-2)26-18-19-10-12-21(13-11-19)27-16-6-7-17-27;/h4-13H,3,14-18H2,1-2H3,(H2,24,25,26);1H. The smallest absolute Gasteiger partial charge is 0.191 e. The summed E-state index contributed by atoms with van der Waals surface area (Å²) in [6, 6.07) is 16.8. The molecule has 2 N–H and O–H groups in total. The number of nitrogens with one attached hydrogen (secondary N) is 2. The highest BCUT2D eigenvalue weighted by molar-refractivity contribution is 14.0. The van der Waals surface area contributed by atoms with E-state index in [0.29, 0.717) is 6.54 Å². The van der Waals surface area contributed by atoms with E-state index in [9.17, 15) is 0 Å². The number of ether oxygens (including phenoxy) is 1. The van der Waals surface area contributed by atoms with Crippen molar-refractivity contribution >= 4 is 35.6 Å². The molecule has 0 fully saturated rings. The summed E-state index contributed by atoms with van der Waals surface area (Å²) in [5.41, 5.74) is 3.66. The summed E-state index contributed by atoms with van der Waals surface area (Å²) in [4.78, 5) is 7.07. The van der Waals surface area contributed by atoms with Crippen LogP contribution in [0.2, 0.25) is 0 Å². The summed E-state index contributed by atoms with van der Waals surface area (Å²) in [5, 5.41) is 6.73. The lowest BCUT2D eigenvalue weighted by Crippen LogP contribution is -2.38. The number of para-hydroxylation sites is 1. The highest BCUT2D eigenvalue weighted by Gasteiger charge is 2.07. The van der Waals surface area contributed by atoms with Crippen LogP contribution < -0.4 is 20.3 Å². The number of hydrogen-bond donors (Lipinski definition) is 2. The van der Waals surface area contributed by atoms with Gasteiger partial charge >= 0.3 is 0 Å².